The number of hydrogen-bond acceptors (Lipinski definition) is 7. The Balaban J connectivity index is 1.54. The number of likely N-dealkylation sites (N-methyl/N-ethyl adjacent to an activating group) is 1. The molecule has 1 heterocycles. The van der Waals surface area contributed by atoms with Gasteiger partial charge in [-0.25, -0.2) is 8.42 Å². The van der Waals surface area contributed by atoms with Crippen LogP contribution in [-0.4, -0.2) is 65.2 Å². The summed E-state index contributed by atoms with van der Waals surface area (Å²) in [5.41, 5.74) is 0.628. The first-order chi connectivity index (χ1) is 18.7. The number of benzene rings is 3. The van der Waals surface area contributed by atoms with Crippen LogP contribution in [-0.2, 0) is 14.8 Å². The monoisotopic (exact) mass is 553 g/mol. The van der Waals surface area contributed by atoms with Gasteiger partial charge in [0.15, 0.2) is 0 Å². The topological polar surface area (TPSA) is 106 Å². The van der Waals surface area contributed by atoms with E-state index in [0.29, 0.717) is 42.5 Å². The van der Waals surface area contributed by atoms with Crippen LogP contribution in [0.1, 0.15) is 24.2 Å². The lowest BCUT2D eigenvalue weighted by atomic mass is 10.0. The molecule has 39 heavy (non-hydrogen) atoms. The smallest absolute Gasteiger partial charge is 0.261 e. The van der Waals surface area contributed by atoms with E-state index < -0.39 is 10.0 Å². The van der Waals surface area contributed by atoms with Crippen LogP contribution in [0.2, 0.25) is 0 Å². The van der Waals surface area contributed by atoms with Crippen molar-refractivity contribution in [2.45, 2.75) is 30.9 Å². The molecule has 0 saturated heterocycles. The van der Waals surface area contributed by atoms with Crippen molar-refractivity contribution in [2.24, 2.45) is 5.92 Å². The van der Waals surface area contributed by atoms with Crippen LogP contribution in [0.5, 0.6) is 17.2 Å². The third kappa shape index (κ3) is 7.29. The number of amides is 1. The minimum atomic E-state index is -3.91. The molecule has 10 heteroatoms. The van der Waals surface area contributed by atoms with Crippen LogP contribution in [0.4, 0.5) is 5.69 Å². The number of sulfonamides is 1. The summed E-state index contributed by atoms with van der Waals surface area (Å²) in [6.45, 7) is 5.48. The van der Waals surface area contributed by atoms with Gasteiger partial charge >= 0.3 is 0 Å². The van der Waals surface area contributed by atoms with E-state index >= 15 is 0 Å². The molecule has 1 amide bonds. The van der Waals surface area contributed by atoms with E-state index in [4.69, 9.17) is 14.2 Å². The summed E-state index contributed by atoms with van der Waals surface area (Å²) < 4.78 is 46.3. The molecule has 0 fully saturated rings. The summed E-state index contributed by atoms with van der Waals surface area (Å²) in [6.07, 6.45) is -0.141. The van der Waals surface area contributed by atoms with Crippen molar-refractivity contribution in [3.63, 3.8) is 0 Å². The van der Waals surface area contributed by atoms with Gasteiger partial charge in [-0.3, -0.25) is 9.52 Å². The molecule has 2 N–H and O–H groups in total. The second-order valence-electron chi connectivity index (χ2n) is 9.76. The van der Waals surface area contributed by atoms with Crippen LogP contribution in [0.3, 0.4) is 0 Å². The van der Waals surface area contributed by atoms with Gasteiger partial charge in [-0.1, -0.05) is 25.1 Å². The fourth-order valence-corrected chi connectivity index (χ4v) is 5.29. The third-order valence-corrected chi connectivity index (χ3v) is 7.99. The predicted octanol–water partition coefficient (Wildman–Crippen LogP) is 4.37. The van der Waals surface area contributed by atoms with E-state index in [0.717, 1.165) is 0 Å². The molecule has 1 aliphatic heterocycles. The number of carbonyl (C=O) groups is 1. The van der Waals surface area contributed by atoms with Crippen LogP contribution < -0.4 is 19.5 Å². The Morgan fingerprint density at radius 1 is 1.00 bits per heavy atom. The van der Waals surface area contributed by atoms with Crippen LogP contribution >= 0.6 is 0 Å². The van der Waals surface area contributed by atoms with E-state index in [9.17, 15) is 13.2 Å². The SMILES string of the molecule is CO[C@@H]1CN(C)C(=O)c2ccc(NS(=O)(=O)c3ccc(Oc4ccccc4)cc3)cc2OC[C@@H](C)NC[C@@H]1C. The number of anilines is 1. The Labute approximate surface area is 230 Å². The number of ether oxygens (including phenoxy) is 3. The second kappa shape index (κ2) is 12.5. The number of rotatable bonds is 6. The summed E-state index contributed by atoms with van der Waals surface area (Å²) in [7, 11) is -0.543. The zero-order chi connectivity index (χ0) is 28.0. The van der Waals surface area contributed by atoms with Gasteiger partial charge in [0, 0.05) is 39.4 Å². The Morgan fingerprint density at radius 3 is 2.38 bits per heavy atom. The van der Waals surface area contributed by atoms with Gasteiger partial charge in [-0.15, -0.1) is 0 Å². The second-order valence-corrected chi connectivity index (χ2v) is 11.4. The van der Waals surface area contributed by atoms with Crippen LogP contribution in [0, 0.1) is 5.92 Å². The first-order valence-corrected chi connectivity index (χ1v) is 14.3. The first kappa shape index (κ1) is 28.4. The molecule has 4 rings (SSSR count). The molecule has 9 nitrogen and oxygen atoms in total. The normalized spacial score (nSPS) is 20.7. The van der Waals surface area contributed by atoms with E-state index in [2.05, 4.69) is 17.0 Å². The molecular formula is C29H35N3O6S. The maximum absolute atomic E-state index is 13.3. The molecule has 0 aliphatic carbocycles. The van der Waals surface area contributed by atoms with Crippen molar-refractivity contribution in [1.82, 2.24) is 10.2 Å². The van der Waals surface area contributed by atoms with Crippen molar-refractivity contribution >= 4 is 21.6 Å². The number of fused-ring (bicyclic) bond motifs is 1. The Hall–Kier alpha value is -3.60. The molecule has 0 radical (unpaired) electrons. The molecule has 0 saturated carbocycles. The maximum atomic E-state index is 13.3. The summed E-state index contributed by atoms with van der Waals surface area (Å²) >= 11 is 0. The average Bonchev–Trinajstić information content (AvgIpc) is 2.93. The highest BCUT2D eigenvalue weighted by Crippen LogP contribution is 2.28. The van der Waals surface area contributed by atoms with Gasteiger partial charge in [0.25, 0.3) is 15.9 Å². The van der Waals surface area contributed by atoms with E-state index in [1.807, 2.05) is 37.3 Å². The Kier molecular flexibility index (Phi) is 9.11. The molecule has 0 unspecified atom stereocenters. The zero-order valence-corrected chi connectivity index (χ0v) is 23.4. The van der Waals surface area contributed by atoms with Gasteiger partial charge in [0.1, 0.15) is 23.9 Å². The standard InChI is InChI=1S/C29H35N3O6S/c1-20-17-30-21(2)19-37-27-16-22(10-15-26(27)29(33)32(3)18-28(20)36-4)31-39(34,35)25-13-11-24(12-14-25)38-23-8-6-5-7-9-23/h5-16,20-21,28,30-31H,17-19H2,1-4H3/t20-,21+,28+/m0/s1. The molecule has 0 spiro atoms. The summed E-state index contributed by atoms with van der Waals surface area (Å²) in [4.78, 5) is 15.0. The lowest BCUT2D eigenvalue weighted by Crippen LogP contribution is -2.44. The quantitative estimate of drug-likeness (QED) is 0.467. The van der Waals surface area contributed by atoms with Gasteiger partial charge in [0.2, 0.25) is 0 Å². The summed E-state index contributed by atoms with van der Waals surface area (Å²) in [5, 5.41) is 3.44. The largest absolute Gasteiger partial charge is 0.491 e. The average molecular weight is 554 g/mol. The highest BCUT2D eigenvalue weighted by molar-refractivity contribution is 7.92. The van der Waals surface area contributed by atoms with Crippen molar-refractivity contribution in [3.8, 4) is 17.2 Å². The number of hydrogen-bond donors (Lipinski definition) is 2. The van der Waals surface area contributed by atoms with Crippen LogP contribution in [0.25, 0.3) is 0 Å². The number of methoxy groups -OCH3 is 1. The zero-order valence-electron chi connectivity index (χ0n) is 22.6. The fraction of sp³-hybridized carbons (Fsp3) is 0.345. The lowest BCUT2D eigenvalue weighted by molar-refractivity contribution is 0.0281. The van der Waals surface area contributed by atoms with Gasteiger partial charge in [0.05, 0.1) is 22.3 Å². The predicted molar refractivity (Wildman–Crippen MR) is 150 cm³/mol. The van der Waals surface area contributed by atoms with E-state index in [-0.39, 0.29) is 34.6 Å². The minimum Gasteiger partial charge on any atom is -0.491 e. The molecule has 3 aromatic carbocycles. The van der Waals surface area contributed by atoms with Gasteiger partial charge in [-0.2, -0.15) is 0 Å². The number of nitrogens with zero attached hydrogens (tertiary/aromatic N) is 1. The van der Waals surface area contributed by atoms with Gasteiger partial charge < -0.3 is 24.4 Å². The van der Waals surface area contributed by atoms with Crippen molar-refractivity contribution < 1.29 is 27.4 Å². The summed E-state index contributed by atoms with van der Waals surface area (Å²) in [5.74, 6) is 1.42. The highest BCUT2D eigenvalue weighted by atomic mass is 32.2. The third-order valence-electron chi connectivity index (χ3n) is 6.59. The lowest BCUT2D eigenvalue weighted by Gasteiger charge is -2.30. The maximum Gasteiger partial charge on any atom is 0.261 e. The van der Waals surface area contributed by atoms with Crippen molar-refractivity contribution in [1.29, 1.82) is 0 Å². The summed E-state index contributed by atoms with van der Waals surface area (Å²) in [6, 6.07) is 20.1. The molecule has 1 aliphatic rings. The Bertz CT molecular complexity index is 1370. The highest BCUT2D eigenvalue weighted by Gasteiger charge is 2.26. The number of para-hydroxylation sites is 1. The molecule has 3 atom stereocenters. The van der Waals surface area contributed by atoms with E-state index in [1.165, 1.54) is 12.1 Å². The Morgan fingerprint density at radius 2 is 1.69 bits per heavy atom. The van der Waals surface area contributed by atoms with Gasteiger partial charge in [-0.05, 0) is 61.4 Å². The fourth-order valence-electron chi connectivity index (χ4n) is 4.24. The minimum absolute atomic E-state index is 0.00188. The number of carbonyl (C=O) groups excluding carboxylic acids is 1. The van der Waals surface area contributed by atoms with Crippen molar-refractivity contribution in [3.05, 3.63) is 78.4 Å². The van der Waals surface area contributed by atoms with Crippen LogP contribution in [0.15, 0.2) is 77.7 Å². The molecular weight excluding hydrogens is 518 g/mol. The number of nitrogens with one attached hydrogen (secondary N) is 2. The molecule has 0 aromatic heterocycles. The first-order valence-electron chi connectivity index (χ1n) is 12.8. The molecule has 208 valence electrons. The molecule has 0 bridgehead atoms. The van der Waals surface area contributed by atoms with E-state index in [1.54, 1.807) is 49.4 Å². The molecule has 3 aromatic rings. The van der Waals surface area contributed by atoms with Crippen molar-refractivity contribution in [2.75, 3.05) is 38.6 Å².